The first-order valence-electron chi connectivity index (χ1n) is 9.25. The van der Waals surface area contributed by atoms with E-state index in [9.17, 15) is 18.4 Å². The van der Waals surface area contributed by atoms with Gasteiger partial charge in [0.25, 0.3) is 0 Å². The van der Waals surface area contributed by atoms with Crippen molar-refractivity contribution >= 4 is 11.9 Å². The minimum Gasteiger partial charge on any atom is -0.478 e. The fourth-order valence-corrected chi connectivity index (χ4v) is 2.37. The maximum Gasteiger partial charge on any atom is 0.388 e. The molecule has 0 saturated heterocycles. The van der Waals surface area contributed by atoms with Gasteiger partial charge < -0.3 is 20.3 Å². The Hall–Kier alpha value is -3.07. The van der Waals surface area contributed by atoms with Crippen LogP contribution in [0.25, 0.3) is 0 Å². The van der Waals surface area contributed by atoms with E-state index in [4.69, 9.17) is 10.2 Å². The van der Waals surface area contributed by atoms with Gasteiger partial charge in [-0.15, -0.1) is 0 Å². The molecule has 1 aromatic carbocycles. The summed E-state index contributed by atoms with van der Waals surface area (Å²) in [5.41, 5.74) is 1.64. The number of nitrogens with one attached hydrogen (secondary N) is 1. The van der Waals surface area contributed by atoms with Crippen LogP contribution in [0.4, 0.5) is 8.78 Å². The first kappa shape index (κ1) is 25.0. The van der Waals surface area contributed by atoms with E-state index in [1.54, 1.807) is 24.3 Å². The van der Waals surface area contributed by atoms with E-state index in [-0.39, 0.29) is 30.0 Å². The average Bonchev–Trinajstić information content (AvgIpc) is 2.67. The van der Waals surface area contributed by atoms with Crippen LogP contribution < -0.4 is 10.1 Å². The lowest BCUT2D eigenvalue weighted by atomic mass is 10.1. The van der Waals surface area contributed by atoms with Gasteiger partial charge in [-0.05, 0) is 42.2 Å². The number of carbonyl (C=O) groups is 2. The number of rotatable bonds is 8. The minimum atomic E-state index is -2.88. The van der Waals surface area contributed by atoms with E-state index in [2.05, 4.69) is 15.0 Å². The van der Waals surface area contributed by atoms with E-state index in [1.807, 2.05) is 20.8 Å². The molecule has 3 N–H and O–H groups in total. The molecule has 0 spiro atoms. The molecule has 9 heteroatoms. The van der Waals surface area contributed by atoms with Crippen molar-refractivity contribution in [1.29, 1.82) is 0 Å². The molecule has 0 fully saturated rings. The summed E-state index contributed by atoms with van der Waals surface area (Å²) in [6, 6.07) is 9.20. The van der Waals surface area contributed by atoms with E-state index in [0.717, 1.165) is 5.56 Å². The monoisotopic (exact) mass is 424 g/mol. The topological polar surface area (TPSA) is 109 Å². The number of benzene rings is 1. The molecule has 0 radical (unpaired) electrons. The lowest BCUT2D eigenvalue weighted by molar-refractivity contribution is -0.122. The summed E-state index contributed by atoms with van der Waals surface area (Å²) in [4.78, 5) is 25.8. The Morgan fingerprint density at radius 1 is 1.13 bits per heavy atom. The molecule has 1 unspecified atom stereocenters. The van der Waals surface area contributed by atoms with E-state index in [0.29, 0.717) is 17.9 Å². The maximum atomic E-state index is 11.6. The quantitative estimate of drug-likeness (QED) is 0.595. The molecule has 0 saturated carbocycles. The van der Waals surface area contributed by atoms with Gasteiger partial charge in [-0.1, -0.05) is 26.0 Å². The second kappa shape index (κ2) is 12.5. The van der Waals surface area contributed by atoms with Gasteiger partial charge in [0.15, 0.2) is 0 Å². The third kappa shape index (κ3) is 9.42. The number of aromatic carboxylic acids is 1. The number of halogens is 2. The largest absolute Gasteiger partial charge is 0.478 e. The van der Waals surface area contributed by atoms with Gasteiger partial charge in [0.2, 0.25) is 11.8 Å². The van der Waals surface area contributed by atoms with Gasteiger partial charge in [0.1, 0.15) is 0 Å². The molecule has 0 aliphatic heterocycles. The molecule has 30 heavy (non-hydrogen) atoms. The molecule has 1 heterocycles. The zero-order chi connectivity index (χ0) is 22.7. The predicted octanol–water partition coefficient (Wildman–Crippen LogP) is 3.78. The average molecular weight is 424 g/mol. The highest BCUT2D eigenvalue weighted by Gasteiger charge is 2.11. The highest BCUT2D eigenvalue weighted by molar-refractivity contribution is 5.87. The molecule has 2 aromatic rings. The number of amides is 1. The van der Waals surface area contributed by atoms with Crippen LogP contribution in [0.15, 0.2) is 42.6 Å². The molecular formula is C21H26F2N2O5. The number of nitrogens with zero attached hydrogens (tertiary/aromatic N) is 1. The summed E-state index contributed by atoms with van der Waals surface area (Å²) in [7, 11) is 0. The zero-order valence-corrected chi connectivity index (χ0v) is 17.0. The van der Waals surface area contributed by atoms with Gasteiger partial charge in [-0.25, -0.2) is 9.78 Å². The first-order valence-corrected chi connectivity index (χ1v) is 9.25. The summed E-state index contributed by atoms with van der Waals surface area (Å²) < 4.78 is 27.3. The van der Waals surface area contributed by atoms with Crippen LogP contribution in [-0.4, -0.2) is 33.7 Å². The third-order valence-electron chi connectivity index (χ3n) is 3.82. The lowest BCUT2D eigenvalue weighted by Crippen LogP contribution is -2.27. The van der Waals surface area contributed by atoms with E-state index in [1.165, 1.54) is 18.3 Å². The number of hydrogen-bond acceptors (Lipinski definition) is 5. The van der Waals surface area contributed by atoms with Gasteiger partial charge in [-0.3, -0.25) is 4.79 Å². The van der Waals surface area contributed by atoms with Crippen molar-refractivity contribution in [1.82, 2.24) is 10.3 Å². The second-order valence-corrected chi connectivity index (χ2v) is 6.85. The number of aromatic nitrogens is 1. The number of pyridine rings is 1. The van der Waals surface area contributed by atoms with Crippen molar-refractivity contribution in [3.05, 3.63) is 59.3 Å². The van der Waals surface area contributed by atoms with Gasteiger partial charge >= 0.3 is 12.6 Å². The number of aliphatic hydroxyl groups excluding tert-OH is 1. The first-order chi connectivity index (χ1) is 14.1. The van der Waals surface area contributed by atoms with Crippen molar-refractivity contribution < 1.29 is 33.3 Å². The number of ether oxygens (including phenoxy) is 1. The molecular weight excluding hydrogens is 398 g/mol. The molecule has 1 aromatic heterocycles. The Morgan fingerprint density at radius 3 is 2.27 bits per heavy atom. The normalized spacial score (nSPS) is 11.5. The number of carboxylic acid groups (broad SMARTS) is 1. The SMILES string of the molecule is CC(C)CC(=O)NC(C)c1ccc(C(=O)O)cc1.OCc1ccnc(OC(F)F)c1. The van der Waals surface area contributed by atoms with Crippen molar-refractivity contribution in [2.45, 2.75) is 46.5 Å². The number of carboxylic acids is 1. The number of carbonyl (C=O) groups excluding carboxylic acids is 1. The van der Waals surface area contributed by atoms with Gasteiger partial charge in [0, 0.05) is 18.7 Å². The Balaban J connectivity index is 0.000000325. The predicted molar refractivity (Wildman–Crippen MR) is 106 cm³/mol. The number of aliphatic hydroxyl groups is 1. The molecule has 7 nitrogen and oxygen atoms in total. The zero-order valence-electron chi connectivity index (χ0n) is 17.0. The third-order valence-corrected chi connectivity index (χ3v) is 3.82. The van der Waals surface area contributed by atoms with Crippen molar-refractivity contribution in [2.24, 2.45) is 5.92 Å². The second-order valence-electron chi connectivity index (χ2n) is 6.85. The Bertz CT molecular complexity index is 813. The van der Waals surface area contributed by atoms with Crippen LogP contribution in [0.5, 0.6) is 5.88 Å². The molecule has 2 rings (SSSR count). The molecule has 0 aliphatic carbocycles. The van der Waals surface area contributed by atoms with E-state index < -0.39 is 12.6 Å². The van der Waals surface area contributed by atoms with E-state index >= 15 is 0 Å². The standard InChI is InChI=1S/C14H19NO3.C7H7F2NO2/c1-9(2)8-13(16)15-10(3)11-4-6-12(7-5-11)14(17)18;8-7(9)12-6-3-5(4-11)1-2-10-6/h4-7,9-10H,8H2,1-3H3,(H,15,16)(H,17,18);1-3,7,11H,4H2. The van der Waals surface area contributed by atoms with Gasteiger partial charge in [-0.2, -0.15) is 8.78 Å². The molecule has 0 aliphatic rings. The highest BCUT2D eigenvalue weighted by atomic mass is 19.3. The smallest absolute Gasteiger partial charge is 0.388 e. The van der Waals surface area contributed by atoms with Gasteiger partial charge in [0.05, 0.1) is 18.2 Å². The van der Waals surface area contributed by atoms with Crippen LogP contribution in [-0.2, 0) is 11.4 Å². The molecule has 1 atom stereocenters. The fraction of sp³-hybridized carbons (Fsp3) is 0.381. The summed E-state index contributed by atoms with van der Waals surface area (Å²) in [6.45, 7) is 2.76. The van der Waals surface area contributed by atoms with Crippen LogP contribution >= 0.6 is 0 Å². The summed E-state index contributed by atoms with van der Waals surface area (Å²) in [5, 5.41) is 20.3. The summed E-state index contributed by atoms with van der Waals surface area (Å²) >= 11 is 0. The number of hydrogen-bond donors (Lipinski definition) is 3. The Kier molecular flexibility index (Phi) is 10.4. The highest BCUT2D eigenvalue weighted by Crippen LogP contribution is 2.14. The summed E-state index contributed by atoms with van der Waals surface area (Å²) in [6.07, 6.45) is 1.79. The van der Waals surface area contributed by atoms with Crippen molar-refractivity contribution in [3.63, 3.8) is 0 Å². The lowest BCUT2D eigenvalue weighted by Gasteiger charge is -2.15. The fourth-order valence-electron chi connectivity index (χ4n) is 2.37. The minimum absolute atomic E-state index is 0.0137. The molecule has 164 valence electrons. The van der Waals surface area contributed by atoms with Crippen LogP contribution in [0.1, 0.15) is 54.7 Å². The number of alkyl halides is 2. The maximum absolute atomic E-state index is 11.6. The Labute approximate surface area is 173 Å². The summed E-state index contributed by atoms with van der Waals surface area (Å²) in [5.74, 6) is -0.791. The molecule has 1 amide bonds. The van der Waals surface area contributed by atoms with Crippen LogP contribution in [0.2, 0.25) is 0 Å². The van der Waals surface area contributed by atoms with Crippen molar-refractivity contribution in [2.75, 3.05) is 0 Å². The molecule has 0 bridgehead atoms. The Morgan fingerprint density at radius 2 is 1.77 bits per heavy atom. The van der Waals surface area contributed by atoms with Crippen LogP contribution in [0, 0.1) is 5.92 Å². The van der Waals surface area contributed by atoms with Crippen LogP contribution in [0.3, 0.4) is 0 Å². The van der Waals surface area contributed by atoms with Crippen molar-refractivity contribution in [3.8, 4) is 5.88 Å².